The van der Waals surface area contributed by atoms with Crippen LogP contribution < -0.4 is 0 Å². The summed E-state index contributed by atoms with van der Waals surface area (Å²) in [6.45, 7) is 0. The van der Waals surface area contributed by atoms with Gasteiger partial charge in [-0.25, -0.2) is 4.98 Å². The molecule has 21 heavy (non-hydrogen) atoms. The number of phenolic OH excluding ortho intramolecular Hbond substituents is 1. The molecule has 106 valence electrons. The molecule has 0 spiro atoms. The highest BCUT2D eigenvalue weighted by atomic mass is 16.3. The average molecular weight is 282 g/mol. The van der Waals surface area contributed by atoms with Crippen LogP contribution in [0.2, 0.25) is 0 Å². The monoisotopic (exact) mass is 282 g/mol. The molecular weight excluding hydrogens is 268 g/mol. The van der Waals surface area contributed by atoms with Gasteiger partial charge in [0.15, 0.2) is 5.58 Å². The molecule has 5 heteroatoms. The van der Waals surface area contributed by atoms with Crippen LogP contribution in [-0.2, 0) is 0 Å². The zero-order valence-electron chi connectivity index (χ0n) is 11.7. The predicted octanol–water partition coefficient (Wildman–Crippen LogP) is 2.90. The fourth-order valence-corrected chi connectivity index (χ4v) is 2.13. The van der Waals surface area contributed by atoms with Gasteiger partial charge in [0.1, 0.15) is 11.3 Å². The van der Waals surface area contributed by atoms with Gasteiger partial charge in [0.25, 0.3) is 5.91 Å². The Morgan fingerprint density at radius 2 is 1.90 bits per heavy atom. The van der Waals surface area contributed by atoms with Gasteiger partial charge in [-0.2, -0.15) is 0 Å². The van der Waals surface area contributed by atoms with Crippen LogP contribution >= 0.6 is 0 Å². The van der Waals surface area contributed by atoms with Gasteiger partial charge >= 0.3 is 0 Å². The maximum Gasteiger partial charge on any atom is 0.255 e. The van der Waals surface area contributed by atoms with Crippen LogP contribution in [0, 0.1) is 0 Å². The van der Waals surface area contributed by atoms with E-state index in [-0.39, 0.29) is 11.7 Å². The molecule has 5 nitrogen and oxygen atoms in total. The molecule has 1 aromatic heterocycles. The van der Waals surface area contributed by atoms with E-state index < -0.39 is 0 Å². The quantitative estimate of drug-likeness (QED) is 0.784. The van der Waals surface area contributed by atoms with Gasteiger partial charge in [0.05, 0.1) is 11.1 Å². The SMILES string of the molecule is CN(C)C(=O)c1cccc2oc(-c3ccccc3O)nc12. The number of carbonyl (C=O) groups excluding carboxylic acids is 1. The first kappa shape index (κ1) is 13.2. The second kappa shape index (κ2) is 4.94. The first-order valence-corrected chi connectivity index (χ1v) is 6.47. The highest BCUT2D eigenvalue weighted by molar-refractivity contribution is 6.04. The van der Waals surface area contributed by atoms with Crippen molar-refractivity contribution < 1.29 is 14.3 Å². The van der Waals surface area contributed by atoms with Gasteiger partial charge in [-0.1, -0.05) is 18.2 Å². The second-order valence-corrected chi connectivity index (χ2v) is 4.89. The summed E-state index contributed by atoms with van der Waals surface area (Å²) >= 11 is 0. The van der Waals surface area contributed by atoms with Crippen molar-refractivity contribution in [1.82, 2.24) is 9.88 Å². The molecular formula is C16H14N2O3. The summed E-state index contributed by atoms with van der Waals surface area (Å²) in [6.07, 6.45) is 0. The molecule has 0 saturated carbocycles. The normalized spacial score (nSPS) is 10.8. The number of carbonyl (C=O) groups is 1. The van der Waals surface area contributed by atoms with Crippen molar-refractivity contribution in [2.45, 2.75) is 0 Å². The van der Waals surface area contributed by atoms with E-state index in [0.717, 1.165) is 0 Å². The van der Waals surface area contributed by atoms with Crippen LogP contribution in [0.1, 0.15) is 10.4 Å². The average Bonchev–Trinajstić information content (AvgIpc) is 2.90. The van der Waals surface area contributed by atoms with Crippen molar-refractivity contribution in [3.05, 3.63) is 48.0 Å². The Labute approximate surface area is 121 Å². The number of aromatic hydroxyl groups is 1. The summed E-state index contributed by atoms with van der Waals surface area (Å²) in [5.41, 5.74) is 1.98. The van der Waals surface area contributed by atoms with E-state index in [2.05, 4.69) is 4.98 Å². The first-order chi connectivity index (χ1) is 10.1. The Bertz CT molecular complexity index is 821. The Balaban J connectivity index is 2.19. The smallest absolute Gasteiger partial charge is 0.255 e. The predicted molar refractivity (Wildman–Crippen MR) is 79.1 cm³/mol. The molecule has 0 saturated heterocycles. The molecule has 3 rings (SSSR count). The van der Waals surface area contributed by atoms with Gasteiger partial charge < -0.3 is 14.4 Å². The van der Waals surface area contributed by atoms with Gasteiger partial charge in [0.2, 0.25) is 5.89 Å². The Hall–Kier alpha value is -2.82. The van der Waals surface area contributed by atoms with Gasteiger partial charge in [-0.3, -0.25) is 4.79 Å². The molecule has 2 aromatic carbocycles. The van der Waals surface area contributed by atoms with Crippen LogP contribution in [0.15, 0.2) is 46.9 Å². The lowest BCUT2D eigenvalue weighted by Gasteiger charge is -2.09. The molecule has 0 radical (unpaired) electrons. The number of oxazole rings is 1. The largest absolute Gasteiger partial charge is 0.507 e. The van der Waals surface area contributed by atoms with E-state index in [1.54, 1.807) is 56.6 Å². The summed E-state index contributed by atoms with van der Waals surface area (Å²) in [5, 5.41) is 9.88. The number of phenols is 1. The lowest BCUT2D eigenvalue weighted by atomic mass is 10.1. The third-order valence-corrected chi connectivity index (χ3v) is 3.19. The standard InChI is InChI=1S/C16H14N2O3/c1-18(2)16(20)11-7-5-9-13-14(11)17-15(21-13)10-6-3-4-8-12(10)19/h3-9,19H,1-2H3. The second-order valence-electron chi connectivity index (χ2n) is 4.89. The Kier molecular flexibility index (Phi) is 3.10. The first-order valence-electron chi connectivity index (χ1n) is 6.47. The number of hydrogen-bond donors (Lipinski definition) is 1. The fraction of sp³-hybridized carbons (Fsp3) is 0.125. The fourth-order valence-electron chi connectivity index (χ4n) is 2.13. The minimum absolute atomic E-state index is 0.0875. The number of benzene rings is 2. The van der Waals surface area contributed by atoms with Crippen molar-refractivity contribution >= 4 is 17.0 Å². The van der Waals surface area contributed by atoms with E-state index in [9.17, 15) is 9.90 Å². The molecule has 0 unspecified atom stereocenters. The molecule has 1 amide bonds. The summed E-state index contributed by atoms with van der Waals surface area (Å²) in [6, 6.07) is 12.0. The van der Waals surface area contributed by atoms with Crippen molar-refractivity contribution in [3.8, 4) is 17.2 Å². The summed E-state index contributed by atoms with van der Waals surface area (Å²) in [7, 11) is 3.37. The van der Waals surface area contributed by atoms with E-state index in [0.29, 0.717) is 28.1 Å². The number of nitrogens with zero attached hydrogens (tertiary/aromatic N) is 2. The van der Waals surface area contributed by atoms with E-state index in [1.165, 1.54) is 4.90 Å². The van der Waals surface area contributed by atoms with Crippen LogP contribution in [0.4, 0.5) is 0 Å². The van der Waals surface area contributed by atoms with Crippen LogP contribution in [0.5, 0.6) is 5.75 Å². The summed E-state index contributed by atoms with van der Waals surface area (Å²) in [5.74, 6) is 0.240. The number of aromatic nitrogens is 1. The number of hydrogen-bond acceptors (Lipinski definition) is 4. The number of fused-ring (bicyclic) bond motifs is 1. The van der Waals surface area contributed by atoms with Crippen molar-refractivity contribution in [2.75, 3.05) is 14.1 Å². The van der Waals surface area contributed by atoms with Crippen molar-refractivity contribution in [1.29, 1.82) is 0 Å². The Morgan fingerprint density at radius 3 is 2.62 bits per heavy atom. The highest BCUT2D eigenvalue weighted by Gasteiger charge is 2.18. The van der Waals surface area contributed by atoms with E-state index in [4.69, 9.17) is 4.42 Å². The molecule has 0 bridgehead atoms. The molecule has 3 aromatic rings. The molecule has 0 aliphatic carbocycles. The molecule has 0 atom stereocenters. The van der Waals surface area contributed by atoms with Gasteiger partial charge in [-0.05, 0) is 24.3 Å². The maximum atomic E-state index is 12.2. The lowest BCUT2D eigenvalue weighted by molar-refractivity contribution is 0.0829. The Morgan fingerprint density at radius 1 is 1.14 bits per heavy atom. The highest BCUT2D eigenvalue weighted by Crippen LogP contribution is 2.31. The van der Waals surface area contributed by atoms with Crippen LogP contribution in [0.25, 0.3) is 22.6 Å². The van der Waals surface area contributed by atoms with Crippen molar-refractivity contribution in [2.24, 2.45) is 0 Å². The van der Waals surface area contributed by atoms with E-state index >= 15 is 0 Å². The lowest BCUT2D eigenvalue weighted by Crippen LogP contribution is -2.21. The van der Waals surface area contributed by atoms with Gasteiger partial charge in [0, 0.05) is 14.1 Å². The number of amides is 1. The maximum absolute atomic E-state index is 12.2. The summed E-state index contributed by atoms with van der Waals surface area (Å²) in [4.78, 5) is 18.0. The zero-order valence-corrected chi connectivity index (χ0v) is 11.7. The summed E-state index contributed by atoms with van der Waals surface area (Å²) < 4.78 is 5.66. The third kappa shape index (κ3) is 2.23. The minimum atomic E-state index is -0.141. The topological polar surface area (TPSA) is 66.6 Å². The zero-order chi connectivity index (χ0) is 15.0. The molecule has 0 aliphatic rings. The van der Waals surface area contributed by atoms with Crippen LogP contribution in [-0.4, -0.2) is 35.0 Å². The van der Waals surface area contributed by atoms with Gasteiger partial charge in [-0.15, -0.1) is 0 Å². The molecule has 1 heterocycles. The molecule has 1 N–H and O–H groups in total. The number of rotatable bonds is 2. The minimum Gasteiger partial charge on any atom is -0.507 e. The number of para-hydroxylation sites is 2. The third-order valence-electron chi connectivity index (χ3n) is 3.19. The van der Waals surface area contributed by atoms with Crippen LogP contribution in [0.3, 0.4) is 0 Å². The molecule has 0 fully saturated rings. The van der Waals surface area contributed by atoms with Crippen molar-refractivity contribution in [3.63, 3.8) is 0 Å². The van der Waals surface area contributed by atoms with E-state index in [1.807, 2.05) is 0 Å². The molecule has 0 aliphatic heterocycles.